The monoisotopic (exact) mass is 443 g/mol. The van der Waals surface area contributed by atoms with Gasteiger partial charge in [0.1, 0.15) is 5.75 Å². The van der Waals surface area contributed by atoms with Gasteiger partial charge < -0.3 is 29.0 Å². The van der Waals surface area contributed by atoms with Gasteiger partial charge in [-0.3, -0.25) is 4.79 Å². The molecule has 2 rings (SSSR count). The largest absolute Gasteiger partial charge is 0.573 e. The highest BCUT2D eigenvalue weighted by molar-refractivity contribution is 5.97. The zero-order valence-electron chi connectivity index (χ0n) is 17.0. The Bertz CT molecular complexity index is 904. The molecule has 0 spiro atoms. The predicted octanol–water partition coefficient (Wildman–Crippen LogP) is 3.80. The number of hydrogen-bond acceptors (Lipinski definition) is 7. The molecule has 11 heteroatoms. The van der Waals surface area contributed by atoms with E-state index in [4.69, 9.17) is 18.9 Å². The molecule has 0 heterocycles. The summed E-state index contributed by atoms with van der Waals surface area (Å²) in [4.78, 5) is 24.7. The molecule has 2 aromatic rings. The van der Waals surface area contributed by atoms with Crippen LogP contribution in [0.4, 0.5) is 18.9 Å². The van der Waals surface area contributed by atoms with Gasteiger partial charge in [0.25, 0.3) is 5.91 Å². The molecule has 2 aromatic carbocycles. The summed E-state index contributed by atoms with van der Waals surface area (Å²) in [5.74, 6) is -1.21. The van der Waals surface area contributed by atoms with Crippen molar-refractivity contribution >= 4 is 17.6 Å². The summed E-state index contributed by atoms with van der Waals surface area (Å²) < 4.78 is 61.0. The third-order valence-electron chi connectivity index (χ3n) is 3.91. The number of alkyl halides is 3. The molecule has 0 aromatic heterocycles. The summed E-state index contributed by atoms with van der Waals surface area (Å²) in [5.41, 5.74) is 0.248. The lowest BCUT2D eigenvalue weighted by Gasteiger charge is -2.16. The maximum absolute atomic E-state index is 12.4. The molecule has 0 aliphatic carbocycles. The first-order chi connectivity index (χ1) is 14.6. The van der Waals surface area contributed by atoms with Gasteiger partial charge in [0.05, 0.1) is 26.9 Å². The second-order valence-electron chi connectivity index (χ2n) is 6.02. The van der Waals surface area contributed by atoms with E-state index in [-0.39, 0.29) is 28.5 Å². The zero-order valence-corrected chi connectivity index (χ0v) is 17.0. The number of carbonyl (C=O) groups excluding carboxylic acids is 2. The molecular weight excluding hydrogens is 423 g/mol. The van der Waals surface area contributed by atoms with Crippen molar-refractivity contribution < 1.29 is 46.4 Å². The molecule has 0 saturated carbocycles. The first-order valence-electron chi connectivity index (χ1n) is 8.75. The Hall–Kier alpha value is -3.63. The standard InChI is InChI=1S/C20H20F3NO7/c1-11(18(25)24-13-5-7-14(8-6-13)31-20(21,22)23)30-19(26)12-9-15(27-2)17(29-4)16(10-12)28-3/h5-11H,1-4H3,(H,24,25). The van der Waals surface area contributed by atoms with Gasteiger partial charge in [-0.2, -0.15) is 0 Å². The molecule has 1 unspecified atom stereocenters. The topological polar surface area (TPSA) is 92.3 Å². The van der Waals surface area contributed by atoms with Crippen LogP contribution < -0.4 is 24.3 Å². The second-order valence-corrected chi connectivity index (χ2v) is 6.02. The Morgan fingerprint density at radius 1 is 0.935 bits per heavy atom. The summed E-state index contributed by atoms with van der Waals surface area (Å²) in [6.45, 7) is 1.34. The van der Waals surface area contributed by atoms with E-state index in [1.54, 1.807) is 0 Å². The number of ether oxygens (including phenoxy) is 5. The first kappa shape index (κ1) is 23.6. The highest BCUT2D eigenvalue weighted by Crippen LogP contribution is 2.38. The molecule has 168 valence electrons. The van der Waals surface area contributed by atoms with Gasteiger partial charge in [-0.05, 0) is 43.3 Å². The molecule has 0 aliphatic rings. The number of halogens is 3. The van der Waals surface area contributed by atoms with Crippen molar-refractivity contribution in [3.8, 4) is 23.0 Å². The number of carbonyl (C=O) groups is 2. The van der Waals surface area contributed by atoms with Crippen LogP contribution in [0, 0.1) is 0 Å². The minimum atomic E-state index is -4.82. The minimum absolute atomic E-state index is 0.0582. The van der Waals surface area contributed by atoms with E-state index in [1.165, 1.54) is 52.5 Å². The van der Waals surface area contributed by atoms with Crippen LogP contribution in [0.3, 0.4) is 0 Å². The van der Waals surface area contributed by atoms with Crippen molar-refractivity contribution in [2.45, 2.75) is 19.4 Å². The van der Waals surface area contributed by atoms with Gasteiger partial charge in [-0.15, -0.1) is 13.2 Å². The number of hydrogen-bond donors (Lipinski definition) is 1. The summed E-state index contributed by atoms with van der Waals surface area (Å²) in [6.07, 6.45) is -6.03. The fourth-order valence-corrected chi connectivity index (χ4v) is 2.46. The van der Waals surface area contributed by atoms with E-state index < -0.39 is 30.1 Å². The number of rotatable bonds is 8. The van der Waals surface area contributed by atoms with E-state index in [1.807, 2.05) is 0 Å². The third kappa shape index (κ3) is 6.43. The smallest absolute Gasteiger partial charge is 0.493 e. The molecule has 0 aliphatic heterocycles. The van der Waals surface area contributed by atoms with Gasteiger partial charge in [0.2, 0.25) is 5.75 Å². The SMILES string of the molecule is COc1cc(C(=O)OC(C)C(=O)Nc2ccc(OC(F)(F)F)cc2)cc(OC)c1OC. The second kappa shape index (κ2) is 9.92. The van der Waals surface area contributed by atoms with Gasteiger partial charge >= 0.3 is 12.3 Å². The molecule has 1 N–H and O–H groups in total. The third-order valence-corrected chi connectivity index (χ3v) is 3.91. The number of methoxy groups -OCH3 is 3. The Kier molecular flexibility index (Phi) is 7.56. The fraction of sp³-hybridized carbons (Fsp3) is 0.300. The lowest BCUT2D eigenvalue weighted by Crippen LogP contribution is -2.30. The lowest BCUT2D eigenvalue weighted by atomic mass is 10.2. The van der Waals surface area contributed by atoms with Crippen LogP contribution in [-0.4, -0.2) is 45.7 Å². The van der Waals surface area contributed by atoms with E-state index >= 15 is 0 Å². The normalized spacial score (nSPS) is 11.8. The summed E-state index contributed by atoms with van der Waals surface area (Å²) in [7, 11) is 4.17. The summed E-state index contributed by atoms with van der Waals surface area (Å²) in [6, 6.07) is 7.24. The van der Waals surface area contributed by atoms with Crippen LogP contribution in [0.1, 0.15) is 17.3 Å². The Morgan fingerprint density at radius 2 is 1.48 bits per heavy atom. The van der Waals surface area contributed by atoms with E-state index in [0.29, 0.717) is 0 Å². The molecule has 0 bridgehead atoms. The molecule has 0 saturated heterocycles. The molecular formula is C20H20F3NO7. The van der Waals surface area contributed by atoms with Crippen LogP contribution in [0.5, 0.6) is 23.0 Å². The maximum Gasteiger partial charge on any atom is 0.573 e. The van der Waals surface area contributed by atoms with Crippen LogP contribution in [0.15, 0.2) is 36.4 Å². The van der Waals surface area contributed by atoms with Gasteiger partial charge in [-0.1, -0.05) is 0 Å². The Balaban J connectivity index is 2.05. The highest BCUT2D eigenvalue weighted by atomic mass is 19.4. The van der Waals surface area contributed by atoms with Crippen LogP contribution in [-0.2, 0) is 9.53 Å². The van der Waals surface area contributed by atoms with Crippen molar-refractivity contribution in [2.75, 3.05) is 26.6 Å². The highest BCUT2D eigenvalue weighted by Gasteiger charge is 2.31. The predicted molar refractivity (Wildman–Crippen MR) is 103 cm³/mol. The summed E-state index contributed by atoms with van der Waals surface area (Å²) in [5, 5.41) is 2.43. The average Bonchev–Trinajstić information content (AvgIpc) is 2.72. The number of esters is 1. The molecule has 0 radical (unpaired) electrons. The number of nitrogens with one attached hydrogen (secondary N) is 1. The number of amides is 1. The minimum Gasteiger partial charge on any atom is -0.493 e. The van der Waals surface area contributed by atoms with E-state index in [0.717, 1.165) is 12.1 Å². The number of benzene rings is 2. The average molecular weight is 443 g/mol. The molecule has 31 heavy (non-hydrogen) atoms. The van der Waals surface area contributed by atoms with E-state index in [9.17, 15) is 22.8 Å². The van der Waals surface area contributed by atoms with Crippen LogP contribution in [0.2, 0.25) is 0 Å². The van der Waals surface area contributed by atoms with Gasteiger partial charge in [0, 0.05) is 5.69 Å². The summed E-state index contributed by atoms with van der Waals surface area (Å²) >= 11 is 0. The van der Waals surface area contributed by atoms with Crippen LogP contribution in [0.25, 0.3) is 0 Å². The quantitative estimate of drug-likeness (QED) is 0.621. The molecule has 1 atom stereocenters. The van der Waals surface area contributed by atoms with Crippen LogP contribution >= 0.6 is 0 Å². The van der Waals surface area contributed by atoms with Crippen molar-refractivity contribution in [2.24, 2.45) is 0 Å². The Labute approximate surface area is 175 Å². The fourth-order valence-electron chi connectivity index (χ4n) is 2.46. The number of anilines is 1. The lowest BCUT2D eigenvalue weighted by molar-refractivity contribution is -0.274. The van der Waals surface area contributed by atoms with Crippen molar-refractivity contribution in [1.29, 1.82) is 0 Å². The molecule has 0 fully saturated rings. The maximum atomic E-state index is 12.4. The van der Waals surface area contributed by atoms with Crippen molar-refractivity contribution in [3.05, 3.63) is 42.0 Å². The van der Waals surface area contributed by atoms with Crippen molar-refractivity contribution in [3.63, 3.8) is 0 Å². The molecule has 1 amide bonds. The van der Waals surface area contributed by atoms with E-state index in [2.05, 4.69) is 10.1 Å². The zero-order chi connectivity index (χ0) is 23.2. The van der Waals surface area contributed by atoms with Gasteiger partial charge in [0.15, 0.2) is 17.6 Å². The van der Waals surface area contributed by atoms with Crippen molar-refractivity contribution in [1.82, 2.24) is 0 Å². The van der Waals surface area contributed by atoms with Gasteiger partial charge in [-0.25, -0.2) is 4.79 Å². The Morgan fingerprint density at radius 3 is 1.94 bits per heavy atom. The first-order valence-corrected chi connectivity index (χ1v) is 8.75. The molecule has 8 nitrogen and oxygen atoms in total.